The van der Waals surface area contributed by atoms with Gasteiger partial charge in [-0.25, -0.2) is 4.79 Å². The van der Waals surface area contributed by atoms with Crippen molar-refractivity contribution in [3.05, 3.63) is 11.4 Å². The second-order valence-electron chi connectivity index (χ2n) is 2.24. The first-order valence-electron chi connectivity index (χ1n) is 3.30. The highest BCUT2D eigenvalue weighted by molar-refractivity contribution is 7.43. The molecular weight excluding hydrogens is 167 g/mol. The van der Waals surface area contributed by atoms with Gasteiger partial charge in [-0.2, -0.15) is 0 Å². The van der Waals surface area contributed by atoms with Crippen molar-refractivity contribution in [1.29, 1.82) is 0 Å². The third kappa shape index (κ3) is 1.70. The van der Waals surface area contributed by atoms with Crippen LogP contribution in [0.15, 0.2) is 11.4 Å². The Kier molecular flexibility index (Phi) is 2.47. The molecule has 0 aromatic rings. The molecule has 2 atom stereocenters. The summed E-state index contributed by atoms with van der Waals surface area (Å²) in [7, 11) is -2.20. The van der Waals surface area contributed by atoms with Crippen LogP contribution in [0.25, 0.3) is 0 Å². The minimum Gasteiger partial charge on any atom is -0.478 e. The Bertz CT molecular complexity index is 233. The molecule has 0 fully saturated rings. The first-order valence-corrected chi connectivity index (χ1v) is 4.70. The number of carboxylic acid groups (broad SMARTS) is 1. The summed E-state index contributed by atoms with van der Waals surface area (Å²) < 4.78 is 15.6. The summed E-state index contributed by atoms with van der Waals surface area (Å²) in [6.45, 7) is 1.79. The molecule has 62 valence electrons. The molecule has 2 unspecified atom stereocenters. The number of rotatable bonds is 2. The fourth-order valence-electron chi connectivity index (χ4n) is 0.960. The summed E-state index contributed by atoms with van der Waals surface area (Å²) >= 11 is 0. The van der Waals surface area contributed by atoms with Crippen molar-refractivity contribution in [2.75, 3.05) is 0 Å². The van der Waals surface area contributed by atoms with Crippen molar-refractivity contribution in [1.82, 2.24) is 0 Å². The standard InChI is InChI=1S/C6H9O4P/c1-2-5-4(6(7)8)3-11(9)10-5/h3,5,11H,2H2,1H3,(H,7,8). The highest BCUT2D eigenvalue weighted by Crippen LogP contribution is 2.39. The Hall–Kier alpha value is -0.600. The van der Waals surface area contributed by atoms with E-state index >= 15 is 0 Å². The molecule has 0 saturated carbocycles. The molecule has 0 aromatic heterocycles. The highest BCUT2D eigenvalue weighted by atomic mass is 31.1. The Morgan fingerprint density at radius 3 is 2.91 bits per heavy atom. The predicted octanol–water partition coefficient (Wildman–Crippen LogP) is 1.24. The van der Waals surface area contributed by atoms with E-state index in [1.807, 2.05) is 0 Å². The summed E-state index contributed by atoms with van der Waals surface area (Å²) in [6.07, 6.45) is 0.0769. The summed E-state index contributed by atoms with van der Waals surface area (Å²) in [5.41, 5.74) is 0.136. The topological polar surface area (TPSA) is 63.6 Å². The molecule has 5 heteroatoms. The predicted molar refractivity (Wildman–Crippen MR) is 39.9 cm³/mol. The van der Waals surface area contributed by atoms with E-state index in [9.17, 15) is 9.36 Å². The second kappa shape index (κ2) is 3.20. The largest absolute Gasteiger partial charge is 0.478 e. The fourth-order valence-corrected chi connectivity index (χ4v) is 2.17. The maximum absolute atomic E-state index is 10.8. The average molecular weight is 176 g/mol. The zero-order chi connectivity index (χ0) is 8.43. The molecule has 1 N–H and O–H groups in total. The van der Waals surface area contributed by atoms with Crippen LogP contribution < -0.4 is 0 Å². The van der Waals surface area contributed by atoms with E-state index < -0.39 is 20.1 Å². The highest BCUT2D eigenvalue weighted by Gasteiger charge is 2.27. The Labute approximate surface area is 64.7 Å². The molecule has 0 spiro atoms. The molecule has 1 rings (SSSR count). The first kappa shape index (κ1) is 8.50. The number of hydrogen-bond donors (Lipinski definition) is 1. The average Bonchev–Trinajstić information content (AvgIpc) is 2.30. The molecule has 4 nitrogen and oxygen atoms in total. The van der Waals surface area contributed by atoms with Gasteiger partial charge in [0.1, 0.15) is 0 Å². The fraction of sp³-hybridized carbons (Fsp3) is 0.500. The van der Waals surface area contributed by atoms with E-state index in [4.69, 9.17) is 9.63 Å². The van der Waals surface area contributed by atoms with Crippen molar-refractivity contribution in [2.24, 2.45) is 0 Å². The monoisotopic (exact) mass is 176 g/mol. The molecule has 1 aliphatic heterocycles. The van der Waals surface area contributed by atoms with Crippen LogP contribution in [0.2, 0.25) is 0 Å². The van der Waals surface area contributed by atoms with Crippen LogP contribution in [0.1, 0.15) is 13.3 Å². The Morgan fingerprint density at radius 2 is 2.55 bits per heavy atom. The molecule has 0 aromatic carbocycles. The van der Waals surface area contributed by atoms with Gasteiger partial charge in [-0.05, 0) is 6.42 Å². The normalized spacial score (nSPS) is 30.1. The van der Waals surface area contributed by atoms with Crippen molar-refractivity contribution >= 4 is 14.0 Å². The molecule has 1 aliphatic rings. The SMILES string of the molecule is CCC1O[PH](=O)C=C1C(=O)O. The molecule has 0 bridgehead atoms. The van der Waals surface area contributed by atoms with Crippen molar-refractivity contribution < 1.29 is 19.0 Å². The van der Waals surface area contributed by atoms with Crippen molar-refractivity contribution in [3.63, 3.8) is 0 Å². The second-order valence-corrected chi connectivity index (χ2v) is 3.40. The lowest BCUT2D eigenvalue weighted by Gasteiger charge is -2.06. The van der Waals surface area contributed by atoms with Crippen LogP contribution in [-0.4, -0.2) is 17.2 Å². The molecule has 0 radical (unpaired) electrons. The summed E-state index contributed by atoms with van der Waals surface area (Å²) in [5, 5.41) is 8.56. The van der Waals surface area contributed by atoms with Crippen LogP contribution >= 0.6 is 8.03 Å². The lowest BCUT2D eigenvalue weighted by Crippen LogP contribution is -2.14. The van der Waals surface area contributed by atoms with Crippen LogP contribution in [0, 0.1) is 0 Å². The van der Waals surface area contributed by atoms with Gasteiger partial charge in [0, 0.05) is 5.82 Å². The van der Waals surface area contributed by atoms with Gasteiger partial charge in [0.25, 0.3) is 0 Å². The van der Waals surface area contributed by atoms with Gasteiger partial charge in [0.2, 0.25) is 8.03 Å². The summed E-state index contributed by atoms with van der Waals surface area (Å²) in [4.78, 5) is 10.4. The maximum Gasteiger partial charge on any atom is 0.334 e. The minimum atomic E-state index is -2.20. The van der Waals surface area contributed by atoms with E-state index in [0.29, 0.717) is 6.42 Å². The van der Waals surface area contributed by atoms with Crippen LogP contribution in [-0.2, 0) is 13.9 Å². The first-order chi connectivity index (χ1) is 5.15. The minimum absolute atomic E-state index is 0.136. The molecular formula is C6H9O4P. The summed E-state index contributed by atoms with van der Waals surface area (Å²) in [6, 6.07) is 0. The van der Waals surface area contributed by atoms with Crippen LogP contribution in [0.4, 0.5) is 0 Å². The smallest absolute Gasteiger partial charge is 0.334 e. The Balaban J connectivity index is 2.82. The van der Waals surface area contributed by atoms with Gasteiger partial charge in [-0.3, -0.25) is 4.57 Å². The molecule has 11 heavy (non-hydrogen) atoms. The Morgan fingerprint density at radius 1 is 1.91 bits per heavy atom. The number of carboxylic acids is 1. The lowest BCUT2D eigenvalue weighted by atomic mass is 10.1. The van der Waals surface area contributed by atoms with Crippen molar-refractivity contribution in [2.45, 2.75) is 19.4 Å². The zero-order valence-electron chi connectivity index (χ0n) is 6.03. The van der Waals surface area contributed by atoms with Gasteiger partial charge in [-0.15, -0.1) is 0 Å². The van der Waals surface area contributed by atoms with Gasteiger partial charge < -0.3 is 9.63 Å². The van der Waals surface area contributed by atoms with Crippen LogP contribution in [0.3, 0.4) is 0 Å². The van der Waals surface area contributed by atoms with Crippen molar-refractivity contribution in [3.8, 4) is 0 Å². The van der Waals surface area contributed by atoms with Gasteiger partial charge in [0.05, 0.1) is 11.7 Å². The number of hydrogen-bond acceptors (Lipinski definition) is 3. The molecule has 1 heterocycles. The zero-order valence-corrected chi connectivity index (χ0v) is 7.03. The van der Waals surface area contributed by atoms with Gasteiger partial charge in [-0.1, -0.05) is 6.92 Å². The quantitative estimate of drug-likeness (QED) is 0.643. The third-order valence-electron chi connectivity index (χ3n) is 1.50. The van der Waals surface area contributed by atoms with E-state index in [1.54, 1.807) is 6.92 Å². The number of aliphatic carboxylic acids is 1. The number of carbonyl (C=O) groups is 1. The third-order valence-corrected chi connectivity index (χ3v) is 2.56. The molecule has 0 amide bonds. The lowest BCUT2D eigenvalue weighted by molar-refractivity contribution is -0.133. The van der Waals surface area contributed by atoms with Gasteiger partial charge in [0.15, 0.2) is 0 Å². The van der Waals surface area contributed by atoms with Crippen LogP contribution in [0.5, 0.6) is 0 Å². The van der Waals surface area contributed by atoms with Gasteiger partial charge >= 0.3 is 5.97 Å². The maximum atomic E-state index is 10.8. The summed E-state index contributed by atoms with van der Waals surface area (Å²) in [5.74, 6) is 0.175. The van der Waals surface area contributed by atoms with E-state index in [-0.39, 0.29) is 5.57 Å². The van der Waals surface area contributed by atoms with E-state index in [0.717, 1.165) is 0 Å². The molecule has 0 saturated heterocycles. The van der Waals surface area contributed by atoms with E-state index in [2.05, 4.69) is 0 Å². The molecule has 0 aliphatic carbocycles. The van der Waals surface area contributed by atoms with E-state index in [1.165, 1.54) is 5.82 Å².